The third-order valence-electron chi connectivity index (χ3n) is 4.52. The van der Waals surface area contributed by atoms with Crippen molar-refractivity contribution in [3.05, 3.63) is 53.4 Å². The first-order chi connectivity index (χ1) is 15.0. The molecule has 0 saturated heterocycles. The number of benzene rings is 2. The number of nitrogens with one attached hydrogen (secondary N) is 1. The molecule has 0 radical (unpaired) electrons. The lowest BCUT2D eigenvalue weighted by Crippen LogP contribution is -2.30. The SMILES string of the molecule is COc1cc(C(=O)OC(C)C(=O)Nc2nc(-c3ccccc3)cs2)cc2c1OCCO2. The molecule has 2 heterocycles. The summed E-state index contributed by atoms with van der Waals surface area (Å²) < 4.78 is 21.7. The lowest BCUT2D eigenvalue weighted by molar-refractivity contribution is -0.123. The van der Waals surface area contributed by atoms with Gasteiger partial charge in [-0.2, -0.15) is 0 Å². The van der Waals surface area contributed by atoms with Crippen molar-refractivity contribution in [2.45, 2.75) is 13.0 Å². The minimum absolute atomic E-state index is 0.196. The quantitative estimate of drug-likeness (QED) is 0.583. The largest absolute Gasteiger partial charge is 0.493 e. The Balaban J connectivity index is 1.41. The summed E-state index contributed by atoms with van der Waals surface area (Å²) in [6.45, 7) is 2.26. The maximum Gasteiger partial charge on any atom is 0.339 e. The molecule has 1 aliphatic rings. The molecule has 1 amide bonds. The molecule has 2 aromatic carbocycles. The Bertz CT molecular complexity index is 1080. The molecule has 0 aliphatic carbocycles. The average Bonchev–Trinajstić information content (AvgIpc) is 3.27. The van der Waals surface area contributed by atoms with E-state index >= 15 is 0 Å². The fourth-order valence-electron chi connectivity index (χ4n) is 2.95. The van der Waals surface area contributed by atoms with Crippen molar-refractivity contribution in [3.8, 4) is 28.5 Å². The summed E-state index contributed by atoms with van der Waals surface area (Å²) in [4.78, 5) is 29.5. The predicted octanol–water partition coefficient (Wildman–Crippen LogP) is 3.77. The predicted molar refractivity (Wildman–Crippen MR) is 115 cm³/mol. The van der Waals surface area contributed by atoms with E-state index in [4.69, 9.17) is 18.9 Å². The highest BCUT2D eigenvalue weighted by Crippen LogP contribution is 2.40. The number of carbonyl (C=O) groups is 2. The van der Waals surface area contributed by atoms with Crippen molar-refractivity contribution in [2.75, 3.05) is 25.6 Å². The number of anilines is 1. The molecule has 1 unspecified atom stereocenters. The summed E-state index contributed by atoms with van der Waals surface area (Å²) in [7, 11) is 1.47. The first-order valence-corrected chi connectivity index (χ1v) is 10.4. The number of aromatic nitrogens is 1. The average molecular weight is 440 g/mol. The number of esters is 1. The zero-order chi connectivity index (χ0) is 21.8. The van der Waals surface area contributed by atoms with Crippen LogP contribution >= 0.6 is 11.3 Å². The van der Waals surface area contributed by atoms with Crippen molar-refractivity contribution in [2.24, 2.45) is 0 Å². The van der Waals surface area contributed by atoms with Gasteiger partial charge in [-0.05, 0) is 19.1 Å². The van der Waals surface area contributed by atoms with Crippen LogP contribution in [0.15, 0.2) is 47.8 Å². The molecular formula is C22H20N2O6S. The van der Waals surface area contributed by atoms with Crippen LogP contribution in [0.1, 0.15) is 17.3 Å². The smallest absolute Gasteiger partial charge is 0.339 e. The molecular weight excluding hydrogens is 420 g/mol. The molecule has 3 aromatic rings. The van der Waals surface area contributed by atoms with Gasteiger partial charge in [0.05, 0.1) is 18.4 Å². The highest BCUT2D eigenvalue weighted by Gasteiger charge is 2.24. The third-order valence-corrected chi connectivity index (χ3v) is 5.28. The molecule has 1 N–H and O–H groups in total. The van der Waals surface area contributed by atoms with E-state index in [1.54, 1.807) is 0 Å². The lowest BCUT2D eigenvalue weighted by atomic mass is 10.1. The standard InChI is InChI=1S/C22H20N2O6S/c1-13(20(25)24-22-23-16(12-31-22)14-6-4-3-5-7-14)30-21(26)15-10-17(27-2)19-18(11-15)28-8-9-29-19/h3-7,10-13H,8-9H2,1-2H3,(H,23,24,25). The van der Waals surface area contributed by atoms with Crippen LogP contribution in [0, 0.1) is 0 Å². The van der Waals surface area contributed by atoms with E-state index in [2.05, 4.69) is 10.3 Å². The molecule has 4 rings (SSSR count). The number of methoxy groups -OCH3 is 1. The molecule has 0 spiro atoms. The van der Waals surface area contributed by atoms with Gasteiger partial charge in [-0.15, -0.1) is 11.3 Å². The first kappa shape index (κ1) is 20.7. The number of ether oxygens (including phenoxy) is 4. The van der Waals surface area contributed by atoms with Crippen LogP contribution in [0.5, 0.6) is 17.2 Å². The van der Waals surface area contributed by atoms with Crippen molar-refractivity contribution in [3.63, 3.8) is 0 Å². The molecule has 8 nitrogen and oxygen atoms in total. The molecule has 160 valence electrons. The Morgan fingerprint density at radius 3 is 2.71 bits per heavy atom. The van der Waals surface area contributed by atoms with Gasteiger partial charge < -0.3 is 18.9 Å². The third kappa shape index (κ3) is 4.61. The van der Waals surface area contributed by atoms with E-state index in [0.29, 0.717) is 35.6 Å². The number of hydrogen-bond acceptors (Lipinski definition) is 8. The van der Waals surface area contributed by atoms with E-state index in [0.717, 1.165) is 11.3 Å². The molecule has 1 aromatic heterocycles. The Hall–Kier alpha value is -3.59. The van der Waals surface area contributed by atoms with Crippen LogP contribution in [0.2, 0.25) is 0 Å². The van der Waals surface area contributed by atoms with Crippen molar-refractivity contribution in [1.29, 1.82) is 0 Å². The summed E-state index contributed by atoms with van der Waals surface area (Å²) in [5.41, 5.74) is 1.90. The van der Waals surface area contributed by atoms with Crippen molar-refractivity contribution >= 4 is 28.3 Å². The van der Waals surface area contributed by atoms with E-state index < -0.39 is 18.0 Å². The van der Waals surface area contributed by atoms with Gasteiger partial charge in [-0.1, -0.05) is 30.3 Å². The molecule has 9 heteroatoms. The fourth-order valence-corrected chi connectivity index (χ4v) is 3.68. The van der Waals surface area contributed by atoms with Gasteiger partial charge >= 0.3 is 5.97 Å². The van der Waals surface area contributed by atoms with Crippen LogP contribution in [0.4, 0.5) is 5.13 Å². The van der Waals surface area contributed by atoms with E-state index in [1.807, 2.05) is 35.7 Å². The number of nitrogens with zero attached hydrogens (tertiary/aromatic N) is 1. The molecule has 1 aliphatic heterocycles. The van der Waals surface area contributed by atoms with E-state index in [9.17, 15) is 9.59 Å². The molecule has 1 atom stereocenters. The lowest BCUT2D eigenvalue weighted by Gasteiger charge is -2.21. The van der Waals surface area contributed by atoms with Gasteiger partial charge in [-0.25, -0.2) is 9.78 Å². The summed E-state index contributed by atoms with van der Waals surface area (Å²) in [5, 5.41) is 4.96. The number of hydrogen-bond donors (Lipinski definition) is 1. The first-order valence-electron chi connectivity index (χ1n) is 9.55. The van der Waals surface area contributed by atoms with Crippen LogP contribution in [-0.4, -0.2) is 43.3 Å². The second kappa shape index (κ2) is 9.05. The van der Waals surface area contributed by atoms with Gasteiger partial charge in [0.25, 0.3) is 5.91 Å². The van der Waals surface area contributed by atoms with Gasteiger partial charge in [0, 0.05) is 10.9 Å². The Morgan fingerprint density at radius 2 is 1.94 bits per heavy atom. The van der Waals surface area contributed by atoms with Gasteiger partial charge in [0.2, 0.25) is 5.75 Å². The maximum absolute atomic E-state index is 12.6. The zero-order valence-corrected chi connectivity index (χ0v) is 17.7. The van der Waals surface area contributed by atoms with Crippen LogP contribution < -0.4 is 19.5 Å². The second-order valence-electron chi connectivity index (χ2n) is 6.64. The highest BCUT2D eigenvalue weighted by atomic mass is 32.1. The topological polar surface area (TPSA) is 96.0 Å². The van der Waals surface area contributed by atoms with Gasteiger partial charge in [0.15, 0.2) is 22.7 Å². The van der Waals surface area contributed by atoms with Crippen molar-refractivity contribution in [1.82, 2.24) is 4.98 Å². The summed E-state index contributed by atoms with van der Waals surface area (Å²) in [5.74, 6) is 0.0336. The van der Waals surface area contributed by atoms with Gasteiger partial charge in [0.1, 0.15) is 13.2 Å². The summed E-state index contributed by atoms with van der Waals surface area (Å²) in [6.07, 6.45) is -1.03. The number of rotatable bonds is 6. The van der Waals surface area contributed by atoms with Crippen LogP contribution in [-0.2, 0) is 9.53 Å². The number of fused-ring (bicyclic) bond motifs is 1. The van der Waals surface area contributed by atoms with Crippen LogP contribution in [0.25, 0.3) is 11.3 Å². The maximum atomic E-state index is 12.6. The van der Waals surface area contributed by atoms with E-state index in [1.165, 1.54) is 37.5 Å². The molecule has 31 heavy (non-hydrogen) atoms. The molecule has 0 saturated carbocycles. The number of amides is 1. The Labute approximate surface area is 182 Å². The molecule has 0 fully saturated rings. The second-order valence-corrected chi connectivity index (χ2v) is 7.50. The minimum Gasteiger partial charge on any atom is -0.493 e. The van der Waals surface area contributed by atoms with Gasteiger partial charge in [-0.3, -0.25) is 10.1 Å². The minimum atomic E-state index is -1.03. The zero-order valence-electron chi connectivity index (χ0n) is 16.9. The normalized spacial score (nSPS) is 13.2. The molecule has 0 bridgehead atoms. The van der Waals surface area contributed by atoms with E-state index in [-0.39, 0.29) is 5.56 Å². The number of thiazole rings is 1. The monoisotopic (exact) mass is 440 g/mol. The van der Waals surface area contributed by atoms with Crippen molar-refractivity contribution < 1.29 is 28.5 Å². The Kier molecular flexibility index (Phi) is 6.03. The van der Waals surface area contributed by atoms with Crippen LogP contribution in [0.3, 0.4) is 0 Å². The fraction of sp³-hybridized carbons (Fsp3) is 0.227. The number of carbonyl (C=O) groups excluding carboxylic acids is 2. The summed E-state index contributed by atoms with van der Waals surface area (Å²) in [6, 6.07) is 12.6. The highest BCUT2D eigenvalue weighted by molar-refractivity contribution is 7.14. The summed E-state index contributed by atoms with van der Waals surface area (Å²) >= 11 is 1.30. The Morgan fingerprint density at radius 1 is 1.16 bits per heavy atom.